The van der Waals surface area contributed by atoms with Crippen LogP contribution in [0.2, 0.25) is 0 Å². The highest BCUT2D eigenvalue weighted by atomic mass is 15.1. The Balaban J connectivity index is 1.93. The lowest BCUT2D eigenvalue weighted by Gasteiger charge is -2.18. The molecule has 51 heavy (non-hydrogen) atoms. The Bertz CT molecular complexity index is 1430. The van der Waals surface area contributed by atoms with Gasteiger partial charge in [0.15, 0.2) is 0 Å². The summed E-state index contributed by atoms with van der Waals surface area (Å²) >= 11 is 0. The van der Waals surface area contributed by atoms with Gasteiger partial charge < -0.3 is 0 Å². The monoisotopic (exact) mass is 691 g/mol. The Hall–Kier alpha value is -3.00. The second kappa shape index (κ2) is 25.9. The topological polar surface area (TPSA) is 24.7 Å². The van der Waals surface area contributed by atoms with Crippen molar-refractivity contribution in [1.29, 1.82) is 0 Å². The maximum atomic E-state index is 4.88. The van der Waals surface area contributed by atoms with Gasteiger partial charge in [-0.2, -0.15) is 10.2 Å². The summed E-state index contributed by atoms with van der Waals surface area (Å²) in [5, 5.41) is 9.72. The zero-order valence-corrected chi connectivity index (χ0v) is 33.9. The van der Waals surface area contributed by atoms with Crippen LogP contribution in [0.5, 0.6) is 0 Å². The molecule has 0 saturated carbocycles. The molecular formula is C49H74N2. The first-order valence-corrected chi connectivity index (χ1v) is 21.5. The fourth-order valence-electron chi connectivity index (χ4n) is 7.61. The van der Waals surface area contributed by atoms with Crippen LogP contribution in [0.15, 0.2) is 70.5 Å². The van der Waals surface area contributed by atoms with Crippen LogP contribution in [0.4, 0.5) is 5.69 Å². The van der Waals surface area contributed by atoms with Crippen molar-refractivity contribution in [3.8, 4) is 11.1 Å². The van der Waals surface area contributed by atoms with E-state index in [1.54, 1.807) is 11.1 Å². The third-order valence-corrected chi connectivity index (χ3v) is 10.6. The highest BCUT2D eigenvalue weighted by molar-refractivity contribution is 5.73. The number of hydrogen-bond acceptors (Lipinski definition) is 2. The van der Waals surface area contributed by atoms with E-state index < -0.39 is 0 Å². The van der Waals surface area contributed by atoms with Crippen molar-refractivity contribution in [3.05, 3.63) is 93.7 Å². The molecule has 0 amide bonds. The number of aryl methyl sites for hydroxylation is 3. The van der Waals surface area contributed by atoms with Crippen molar-refractivity contribution in [1.82, 2.24) is 0 Å². The lowest BCUT2D eigenvalue weighted by Crippen LogP contribution is -2.01. The fourth-order valence-corrected chi connectivity index (χ4v) is 7.61. The average molecular weight is 691 g/mol. The molecule has 0 saturated heterocycles. The summed E-state index contributed by atoms with van der Waals surface area (Å²) in [6, 6.07) is 20.6. The van der Waals surface area contributed by atoms with Crippen molar-refractivity contribution >= 4 is 11.8 Å². The van der Waals surface area contributed by atoms with Crippen molar-refractivity contribution < 1.29 is 0 Å². The molecule has 0 aliphatic heterocycles. The summed E-state index contributed by atoms with van der Waals surface area (Å²) in [6.45, 7) is 13.6. The zero-order valence-electron chi connectivity index (χ0n) is 33.9. The molecule has 2 heteroatoms. The molecule has 3 aromatic carbocycles. The molecular weight excluding hydrogens is 617 g/mol. The lowest BCUT2D eigenvalue weighted by atomic mass is 9.87. The summed E-state index contributed by atoms with van der Waals surface area (Å²) in [4.78, 5) is 0. The van der Waals surface area contributed by atoms with Crippen LogP contribution >= 0.6 is 0 Å². The molecule has 0 aliphatic carbocycles. The van der Waals surface area contributed by atoms with Gasteiger partial charge in [-0.05, 0) is 133 Å². The minimum Gasteiger partial charge on any atom is -0.155 e. The number of azo groups is 1. The Morgan fingerprint density at radius 3 is 1.63 bits per heavy atom. The Morgan fingerprint density at radius 1 is 0.510 bits per heavy atom. The van der Waals surface area contributed by atoms with Crippen LogP contribution in [0.25, 0.3) is 17.2 Å². The number of hydrogen-bond donors (Lipinski definition) is 0. The molecule has 3 rings (SSSR count). The predicted octanol–water partition coefficient (Wildman–Crippen LogP) is 16.3. The van der Waals surface area contributed by atoms with E-state index in [9.17, 15) is 0 Å². The molecule has 0 aliphatic rings. The third-order valence-electron chi connectivity index (χ3n) is 10.6. The van der Waals surface area contributed by atoms with E-state index in [1.807, 2.05) is 0 Å². The van der Waals surface area contributed by atoms with E-state index in [-0.39, 0.29) is 0 Å². The SMILES string of the molecule is CCCCCCCCc1cc(N=NC(C)=Cc2cc(CCCCCC)c(CCCCCCCC)c(-c3ccccc3)c2)cc(CC)c1CCCC. The number of allylic oxidation sites excluding steroid dienone is 1. The molecule has 280 valence electrons. The van der Waals surface area contributed by atoms with E-state index >= 15 is 0 Å². The van der Waals surface area contributed by atoms with Gasteiger partial charge in [-0.3, -0.25) is 0 Å². The zero-order chi connectivity index (χ0) is 36.5. The molecule has 3 aromatic rings. The van der Waals surface area contributed by atoms with E-state index in [1.165, 1.54) is 155 Å². The smallest absolute Gasteiger partial charge is 0.0862 e. The molecule has 0 N–H and O–H groups in total. The van der Waals surface area contributed by atoms with Crippen molar-refractivity contribution in [2.24, 2.45) is 10.2 Å². The third kappa shape index (κ3) is 15.6. The van der Waals surface area contributed by atoms with Gasteiger partial charge in [0.25, 0.3) is 0 Å². The molecule has 0 heterocycles. The maximum Gasteiger partial charge on any atom is 0.0862 e. The van der Waals surface area contributed by atoms with Gasteiger partial charge in [0.1, 0.15) is 0 Å². The number of unbranched alkanes of at least 4 members (excludes halogenated alkanes) is 14. The second-order valence-electron chi connectivity index (χ2n) is 15.1. The van der Waals surface area contributed by atoms with Crippen LogP contribution < -0.4 is 0 Å². The van der Waals surface area contributed by atoms with Crippen LogP contribution in [0.1, 0.15) is 190 Å². The molecule has 2 nitrogen and oxygen atoms in total. The first kappa shape index (κ1) is 42.4. The highest BCUT2D eigenvalue weighted by Crippen LogP contribution is 2.33. The van der Waals surface area contributed by atoms with E-state index in [2.05, 4.69) is 102 Å². The summed E-state index contributed by atoms with van der Waals surface area (Å²) in [5.41, 5.74) is 13.6. The van der Waals surface area contributed by atoms with Crippen LogP contribution in [0.3, 0.4) is 0 Å². The summed E-state index contributed by atoms with van der Waals surface area (Å²) in [5.74, 6) is 0. The molecule has 0 spiro atoms. The molecule has 0 radical (unpaired) electrons. The van der Waals surface area contributed by atoms with Crippen LogP contribution in [-0.4, -0.2) is 0 Å². The average Bonchev–Trinajstić information content (AvgIpc) is 3.15. The maximum absolute atomic E-state index is 4.88. The van der Waals surface area contributed by atoms with Gasteiger partial charge in [0, 0.05) is 0 Å². The standard InChI is InChI=1S/C49H74N2/c1-7-12-16-19-21-25-32-45-39-46(38-42(11-5)47(45)33-15-10-4)51-50-40(6)35-41-36-44(31-24-18-14-9-3)48(34-28-22-20-17-13-8-2)49(37-41)43-29-26-23-27-30-43/h23,26-27,29-30,35-39H,7-22,24-25,28,31-34H2,1-6H3. The Kier molecular flexibility index (Phi) is 21.5. The molecule has 0 bridgehead atoms. The van der Waals surface area contributed by atoms with Gasteiger partial charge in [0.2, 0.25) is 0 Å². The van der Waals surface area contributed by atoms with Gasteiger partial charge in [-0.1, -0.05) is 161 Å². The van der Waals surface area contributed by atoms with Crippen LogP contribution in [-0.2, 0) is 32.1 Å². The van der Waals surface area contributed by atoms with Crippen molar-refractivity contribution in [2.45, 2.75) is 189 Å². The minimum atomic E-state index is 0.959. The van der Waals surface area contributed by atoms with E-state index in [0.717, 1.165) is 37.1 Å². The second-order valence-corrected chi connectivity index (χ2v) is 15.1. The van der Waals surface area contributed by atoms with E-state index in [4.69, 9.17) is 10.2 Å². The van der Waals surface area contributed by atoms with Gasteiger partial charge in [-0.15, -0.1) is 0 Å². The van der Waals surface area contributed by atoms with Crippen LogP contribution in [0, 0.1) is 0 Å². The fraction of sp³-hybridized carbons (Fsp3) is 0.592. The summed E-state index contributed by atoms with van der Waals surface area (Å²) in [6.07, 6.45) is 31.6. The minimum absolute atomic E-state index is 0.959. The van der Waals surface area contributed by atoms with E-state index in [0.29, 0.717) is 0 Å². The van der Waals surface area contributed by atoms with Gasteiger partial charge >= 0.3 is 0 Å². The highest BCUT2D eigenvalue weighted by Gasteiger charge is 2.14. The number of benzene rings is 3. The molecule has 0 fully saturated rings. The molecule has 0 atom stereocenters. The molecule has 0 unspecified atom stereocenters. The summed E-state index contributed by atoms with van der Waals surface area (Å²) in [7, 11) is 0. The Labute approximate surface area is 315 Å². The lowest BCUT2D eigenvalue weighted by molar-refractivity contribution is 0.605. The van der Waals surface area contributed by atoms with Gasteiger partial charge in [0.05, 0.1) is 11.4 Å². The first-order valence-electron chi connectivity index (χ1n) is 21.5. The van der Waals surface area contributed by atoms with Crippen molar-refractivity contribution in [2.75, 3.05) is 0 Å². The molecule has 0 aromatic heterocycles. The van der Waals surface area contributed by atoms with Gasteiger partial charge in [-0.25, -0.2) is 0 Å². The summed E-state index contributed by atoms with van der Waals surface area (Å²) < 4.78 is 0. The number of nitrogens with zero attached hydrogens (tertiary/aromatic N) is 2. The quantitative estimate of drug-likeness (QED) is 0.0562. The number of rotatable bonds is 27. The van der Waals surface area contributed by atoms with Crippen molar-refractivity contribution in [3.63, 3.8) is 0 Å². The first-order chi connectivity index (χ1) is 25.0. The largest absolute Gasteiger partial charge is 0.155 e. The predicted molar refractivity (Wildman–Crippen MR) is 226 cm³/mol. The Morgan fingerprint density at radius 2 is 1.02 bits per heavy atom. The normalized spacial score (nSPS) is 12.0.